The summed E-state index contributed by atoms with van der Waals surface area (Å²) in [7, 11) is 1.78. The van der Waals surface area contributed by atoms with Crippen LogP contribution in [-0.4, -0.2) is 31.7 Å². The van der Waals surface area contributed by atoms with Crippen LogP contribution in [0.15, 0.2) is 11.5 Å². The second-order valence-electron chi connectivity index (χ2n) is 3.36. The Balaban J connectivity index is 2.55. The zero-order valence-corrected chi connectivity index (χ0v) is 9.08. The fraction of sp³-hybridized carbons (Fsp3) is 0.500. The van der Waals surface area contributed by atoms with Gasteiger partial charge in [-0.2, -0.15) is 0 Å². The molecule has 16 heavy (non-hydrogen) atoms. The van der Waals surface area contributed by atoms with Crippen LogP contribution >= 0.6 is 0 Å². The minimum atomic E-state index is -0.342. The number of oxime groups is 1. The maximum Gasteiger partial charge on any atom is 0.228 e. The summed E-state index contributed by atoms with van der Waals surface area (Å²) in [6.45, 7) is 1.77. The van der Waals surface area contributed by atoms with E-state index >= 15 is 0 Å². The molecule has 88 valence electrons. The highest BCUT2D eigenvalue weighted by Crippen LogP contribution is 2.06. The van der Waals surface area contributed by atoms with E-state index in [-0.39, 0.29) is 24.2 Å². The van der Waals surface area contributed by atoms with Gasteiger partial charge in [-0.15, -0.1) is 10.2 Å². The minimum absolute atomic E-state index is 0.136. The summed E-state index contributed by atoms with van der Waals surface area (Å²) in [4.78, 5) is 11.4. The Morgan fingerprint density at radius 2 is 2.50 bits per heavy atom. The minimum Gasteiger partial charge on any atom is -0.409 e. The zero-order chi connectivity index (χ0) is 12.1. The number of hydrogen-bond acceptors (Lipinski definition) is 5. The summed E-state index contributed by atoms with van der Waals surface area (Å²) in [5, 5.41) is 21.2. The molecule has 1 amide bonds. The van der Waals surface area contributed by atoms with Gasteiger partial charge < -0.3 is 20.8 Å². The van der Waals surface area contributed by atoms with E-state index in [0.717, 1.165) is 0 Å². The number of nitrogens with one attached hydrogen (secondary N) is 1. The highest BCUT2D eigenvalue weighted by atomic mass is 16.4. The van der Waals surface area contributed by atoms with Crippen molar-refractivity contribution in [2.45, 2.75) is 19.4 Å². The summed E-state index contributed by atoms with van der Waals surface area (Å²) in [5.74, 6) is 0.154. The number of hydrogen-bond donors (Lipinski definition) is 3. The molecule has 0 saturated carbocycles. The van der Waals surface area contributed by atoms with Crippen LogP contribution < -0.4 is 11.1 Å². The quantitative estimate of drug-likeness (QED) is 0.267. The third-order valence-electron chi connectivity index (χ3n) is 1.98. The van der Waals surface area contributed by atoms with E-state index in [1.54, 1.807) is 24.9 Å². The SMILES string of the molecule is CC(NC(=O)CC(N)=NO)c1nncn1C. The summed E-state index contributed by atoms with van der Waals surface area (Å²) in [6, 6.07) is -0.286. The van der Waals surface area contributed by atoms with Gasteiger partial charge in [0.25, 0.3) is 0 Å². The van der Waals surface area contributed by atoms with Crippen LogP contribution in [0.4, 0.5) is 0 Å². The van der Waals surface area contributed by atoms with Crippen LogP contribution in [0.2, 0.25) is 0 Å². The molecule has 0 aliphatic carbocycles. The summed E-state index contributed by atoms with van der Waals surface area (Å²) >= 11 is 0. The van der Waals surface area contributed by atoms with E-state index in [2.05, 4.69) is 20.7 Å². The van der Waals surface area contributed by atoms with Crippen LogP contribution in [0.3, 0.4) is 0 Å². The maximum absolute atomic E-state index is 11.4. The van der Waals surface area contributed by atoms with Gasteiger partial charge in [-0.3, -0.25) is 4.79 Å². The van der Waals surface area contributed by atoms with Gasteiger partial charge in [-0.1, -0.05) is 5.16 Å². The molecule has 1 rings (SSSR count). The van der Waals surface area contributed by atoms with Gasteiger partial charge in [-0.05, 0) is 6.92 Å². The van der Waals surface area contributed by atoms with Gasteiger partial charge in [0, 0.05) is 7.05 Å². The molecule has 0 fully saturated rings. The Bertz CT molecular complexity index is 399. The first kappa shape index (κ1) is 12.0. The van der Waals surface area contributed by atoms with Gasteiger partial charge in [0.05, 0.1) is 12.5 Å². The van der Waals surface area contributed by atoms with Crippen molar-refractivity contribution >= 4 is 11.7 Å². The lowest BCUT2D eigenvalue weighted by Crippen LogP contribution is -2.31. The number of nitrogens with zero attached hydrogens (tertiary/aromatic N) is 4. The molecular weight excluding hydrogens is 212 g/mol. The molecule has 1 heterocycles. The third-order valence-corrected chi connectivity index (χ3v) is 1.98. The molecule has 0 aromatic carbocycles. The second-order valence-corrected chi connectivity index (χ2v) is 3.36. The first-order chi connectivity index (χ1) is 7.54. The standard InChI is InChI=1S/C8H14N6O2/c1-5(8-12-10-4-14(8)2)11-7(15)3-6(9)13-16/h4-5,16H,3H2,1-2H3,(H2,9,13)(H,11,15). The fourth-order valence-electron chi connectivity index (χ4n) is 1.24. The molecule has 0 bridgehead atoms. The van der Waals surface area contributed by atoms with Gasteiger partial charge in [0.1, 0.15) is 12.2 Å². The lowest BCUT2D eigenvalue weighted by molar-refractivity contribution is -0.120. The lowest BCUT2D eigenvalue weighted by atomic mass is 10.3. The van der Waals surface area contributed by atoms with Crippen LogP contribution in [0, 0.1) is 0 Å². The Morgan fingerprint density at radius 3 is 3.00 bits per heavy atom. The van der Waals surface area contributed by atoms with Crippen molar-refractivity contribution in [3.63, 3.8) is 0 Å². The average molecular weight is 226 g/mol. The fourth-order valence-corrected chi connectivity index (χ4v) is 1.24. The topological polar surface area (TPSA) is 118 Å². The monoisotopic (exact) mass is 226 g/mol. The number of carbonyl (C=O) groups is 1. The van der Waals surface area contributed by atoms with Crippen molar-refractivity contribution in [3.05, 3.63) is 12.2 Å². The molecule has 1 atom stereocenters. The predicted octanol–water partition coefficient (Wildman–Crippen LogP) is -0.871. The molecule has 1 aromatic heterocycles. The predicted molar refractivity (Wildman–Crippen MR) is 55.6 cm³/mol. The van der Waals surface area contributed by atoms with Crippen LogP contribution in [-0.2, 0) is 11.8 Å². The van der Waals surface area contributed by atoms with Crippen molar-refractivity contribution in [1.29, 1.82) is 0 Å². The molecule has 0 aliphatic rings. The summed E-state index contributed by atoms with van der Waals surface area (Å²) in [5.41, 5.74) is 5.20. The Labute approximate surface area is 92.1 Å². The third kappa shape index (κ3) is 2.94. The molecule has 0 radical (unpaired) electrons. The molecule has 0 spiro atoms. The first-order valence-corrected chi connectivity index (χ1v) is 4.64. The molecule has 4 N–H and O–H groups in total. The van der Waals surface area contributed by atoms with E-state index in [0.29, 0.717) is 5.82 Å². The molecule has 1 unspecified atom stereocenters. The smallest absolute Gasteiger partial charge is 0.228 e. The molecule has 1 aromatic rings. The molecule has 8 nitrogen and oxygen atoms in total. The number of amidine groups is 1. The van der Waals surface area contributed by atoms with Crippen LogP contribution in [0.25, 0.3) is 0 Å². The van der Waals surface area contributed by atoms with Gasteiger partial charge in [0.15, 0.2) is 5.82 Å². The number of rotatable bonds is 4. The largest absolute Gasteiger partial charge is 0.409 e. The number of carbonyl (C=O) groups excluding carboxylic acids is 1. The lowest BCUT2D eigenvalue weighted by Gasteiger charge is -2.12. The number of aryl methyl sites for hydroxylation is 1. The van der Waals surface area contributed by atoms with Crippen molar-refractivity contribution in [3.8, 4) is 0 Å². The second kappa shape index (κ2) is 5.10. The van der Waals surface area contributed by atoms with Gasteiger partial charge >= 0.3 is 0 Å². The molecule has 0 aliphatic heterocycles. The van der Waals surface area contributed by atoms with E-state index in [1.165, 1.54) is 0 Å². The Hall–Kier alpha value is -2.12. The summed E-state index contributed by atoms with van der Waals surface area (Å²) in [6.07, 6.45) is 1.39. The van der Waals surface area contributed by atoms with Crippen molar-refractivity contribution < 1.29 is 10.0 Å². The molecular formula is C8H14N6O2. The zero-order valence-electron chi connectivity index (χ0n) is 9.08. The van der Waals surface area contributed by atoms with Crippen molar-refractivity contribution in [1.82, 2.24) is 20.1 Å². The number of amides is 1. The summed E-state index contributed by atoms with van der Waals surface area (Å²) < 4.78 is 1.70. The molecule has 0 saturated heterocycles. The molecule has 8 heteroatoms. The Kier molecular flexibility index (Phi) is 3.81. The first-order valence-electron chi connectivity index (χ1n) is 4.64. The van der Waals surface area contributed by atoms with Gasteiger partial charge in [-0.25, -0.2) is 0 Å². The van der Waals surface area contributed by atoms with E-state index in [9.17, 15) is 4.79 Å². The van der Waals surface area contributed by atoms with Crippen LogP contribution in [0.1, 0.15) is 25.2 Å². The van der Waals surface area contributed by atoms with Crippen molar-refractivity contribution in [2.24, 2.45) is 17.9 Å². The highest BCUT2D eigenvalue weighted by Gasteiger charge is 2.14. The van der Waals surface area contributed by atoms with E-state index < -0.39 is 0 Å². The normalized spacial score (nSPS) is 13.5. The van der Waals surface area contributed by atoms with Crippen molar-refractivity contribution in [2.75, 3.05) is 0 Å². The highest BCUT2D eigenvalue weighted by molar-refractivity contribution is 5.98. The Morgan fingerprint density at radius 1 is 1.81 bits per heavy atom. The van der Waals surface area contributed by atoms with Crippen LogP contribution in [0.5, 0.6) is 0 Å². The van der Waals surface area contributed by atoms with E-state index in [4.69, 9.17) is 10.9 Å². The van der Waals surface area contributed by atoms with Gasteiger partial charge in [0.2, 0.25) is 5.91 Å². The number of nitrogens with two attached hydrogens (primary N) is 1. The maximum atomic E-state index is 11.4. The number of aromatic nitrogens is 3. The average Bonchev–Trinajstić information content (AvgIpc) is 2.63. The van der Waals surface area contributed by atoms with E-state index in [1.807, 2.05) is 0 Å².